The smallest absolute Gasteiger partial charge is 0.325 e. The van der Waals surface area contributed by atoms with Crippen molar-refractivity contribution in [2.45, 2.75) is 25.1 Å². The van der Waals surface area contributed by atoms with Crippen LogP contribution in [0.15, 0.2) is 0 Å². The maximum atomic E-state index is 11.4. The van der Waals surface area contributed by atoms with Crippen molar-refractivity contribution < 1.29 is 17.9 Å². The molecule has 0 aliphatic heterocycles. The molecule has 2 unspecified atom stereocenters. The minimum atomic E-state index is -3.75. The van der Waals surface area contributed by atoms with Gasteiger partial charge in [-0.15, -0.1) is 6.42 Å². The predicted molar refractivity (Wildman–Crippen MR) is 51.8 cm³/mol. The third kappa shape index (κ3) is 3.36. The number of terminal acetylenes is 1. The van der Waals surface area contributed by atoms with Crippen LogP contribution < -0.4 is 4.72 Å². The van der Waals surface area contributed by atoms with Gasteiger partial charge in [-0.1, -0.05) is 5.92 Å². The minimum absolute atomic E-state index is 0.646. The zero-order valence-corrected chi connectivity index (χ0v) is 9.09. The standard InChI is InChI=1S/C8H13NO4S/c1-5-6(2)9-14(11,12)7(3)8(10)13-4/h1,6-7,9H,2-4H3. The molecule has 0 heterocycles. The van der Waals surface area contributed by atoms with Crippen molar-refractivity contribution in [1.29, 1.82) is 0 Å². The molecule has 0 fully saturated rings. The second-order valence-corrected chi connectivity index (χ2v) is 4.75. The van der Waals surface area contributed by atoms with Gasteiger partial charge in [-0.05, 0) is 13.8 Å². The summed E-state index contributed by atoms with van der Waals surface area (Å²) in [7, 11) is -2.63. The van der Waals surface area contributed by atoms with E-state index in [0.717, 1.165) is 7.11 Å². The second kappa shape index (κ2) is 4.98. The van der Waals surface area contributed by atoms with Crippen molar-refractivity contribution in [3.8, 4) is 12.3 Å². The number of rotatable bonds is 4. The lowest BCUT2D eigenvalue weighted by molar-refractivity contribution is -0.139. The van der Waals surface area contributed by atoms with Gasteiger partial charge >= 0.3 is 5.97 Å². The molecule has 0 radical (unpaired) electrons. The number of hydrogen-bond acceptors (Lipinski definition) is 4. The number of esters is 1. The Morgan fingerprint density at radius 1 is 1.50 bits per heavy atom. The fourth-order valence-electron chi connectivity index (χ4n) is 0.675. The molecule has 1 N–H and O–H groups in total. The first-order valence-corrected chi connectivity index (χ1v) is 5.45. The number of hydrogen-bond donors (Lipinski definition) is 1. The van der Waals surface area contributed by atoms with E-state index in [9.17, 15) is 13.2 Å². The molecule has 0 aromatic heterocycles. The highest BCUT2D eigenvalue weighted by Crippen LogP contribution is 2.01. The Hall–Kier alpha value is -1.06. The van der Waals surface area contributed by atoms with Gasteiger partial charge in [-0.2, -0.15) is 0 Å². The molecule has 0 aromatic carbocycles. The summed E-state index contributed by atoms with van der Waals surface area (Å²) in [4.78, 5) is 10.9. The van der Waals surface area contributed by atoms with Gasteiger partial charge in [0.15, 0.2) is 5.25 Å². The number of carbonyl (C=O) groups excluding carboxylic acids is 1. The molecule has 0 spiro atoms. The maximum absolute atomic E-state index is 11.4. The quantitative estimate of drug-likeness (QED) is 0.510. The average Bonchev–Trinajstić information content (AvgIpc) is 2.14. The van der Waals surface area contributed by atoms with Crippen molar-refractivity contribution >= 4 is 16.0 Å². The van der Waals surface area contributed by atoms with Gasteiger partial charge in [-0.25, -0.2) is 13.1 Å². The van der Waals surface area contributed by atoms with Gasteiger partial charge in [0.2, 0.25) is 10.0 Å². The molecular weight excluding hydrogens is 206 g/mol. The number of ether oxygens (including phenoxy) is 1. The van der Waals surface area contributed by atoms with Gasteiger partial charge < -0.3 is 4.74 Å². The van der Waals surface area contributed by atoms with E-state index in [1.807, 2.05) is 0 Å². The lowest BCUT2D eigenvalue weighted by Crippen LogP contribution is -2.41. The molecule has 0 bridgehead atoms. The van der Waals surface area contributed by atoms with E-state index >= 15 is 0 Å². The van der Waals surface area contributed by atoms with Crippen LogP contribution in [0.1, 0.15) is 13.8 Å². The van der Waals surface area contributed by atoms with Crippen molar-refractivity contribution in [2.24, 2.45) is 0 Å². The number of sulfonamides is 1. The summed E-state index contributed by atoms with van der Waals surface area (Å²) in [5.74, 6) is 1.37. The Kier molecular flexibility index (Phi) is 4.60. The van der Waals surface area contributed by atoms with Crippen LogP contribution >= 0.6 is 0 Å². The minimum Gasteiger partial charge on any atom is -0.468 e. The van der Waals surface area contributed by atoms with Crippen LogP contribution in [0.25, 0.3) is 0 Å². The first kappa shape index (κ1) is 12.9. The summed E-state index contributed by atoms with van der Waals surface area (Å²) < 4.78 is 29.2. The zero-order valence-electron chi connectivity index (χ0n) is 8.27. The van der Waals surface area contributed by atoms with Crippen LogP contribution in [0.3, 0.4) is 0 Å². The van der Waals surface area contributed by atoms with E-state index in [-0.39, 0.29) is 0 Å². The van der Waals surface area contributed by atoms with Crippen molar-refractivity contribution in [3.63, 3.8) is 0 Å². The Labute approximate surface area is 83.9 Å². The van der Waals surface area contributed by atoms with E-state index in [2.05, 4.69) is 15.4 Å². The molecule has 6 heteroatoms. The maximum Gasteiger partial charge on any atom is 0.325 e. The lowest BCUT2D eigenvalue weighted by Gasteiger charge is -2.13. The normalized spacial score (nSPS) is 15.3. The zero-order chi connectivity index (χ0) is 11.4. The fraction of sp³-hybridized carbons (Fsp3) is 0.625. The van der Waals surface area contributed by atoms with E-state index < -0.39 is 27.3 Å². The SMILES string of the molecule is C#CC(C)NS(=O)(=O)C(C)C(=O)OC. The van der Waals surface area contributed by atoms with E-state index in [4.69, 9.17) is 6.42 Å². The molecule has 0 saturated carbocycles. The van der Waals surface area contributed by atoms with Crippen LogP contribution in [-0.4, -0.2) is 32.8 Å². The highest BCUT2D eigenvalue weighted by Gasteiger charge is 2.29. The van der Waals surface area contributed by atoms with Crippen molar-refractivity contribution in [2.75, 3.05) is 7.11 Å². The lowest BCUT2D eigenvalue weighted by atomic mass is 10.4. The molecule has 0 aliphatic carbocycles. The highest BCUT2D eigenvalue weighted by molar-refractivity contribution is 7.90. The van der Waals surface area contributed by atoms with Gasteiger partial charge in [0.25, 0.3) is 0 Å². The van der Waals surface area contributed by atoms with Gasteiger partial charge in [0.05, 0.1) is 13.2 Å². The van der Waals surface area contributed by atoms with Crippen molar-refractivity contribution in [3.05, 3.63) is 0 Å². The number of carbonyl (C=O) groups is 1. The molecule has 0 rings (SSSR count). The summed E-state index contributed by atoms with van der Waals surface area (Å²) in [6.07, 6.45) is 4.99. The van der Waals surface area contributed by atoms with Crippen LogP contribution in [-0.2, 0) is 19.6 Å². The molecule has 2 atom stereocenters. The van der Waals surface area contributed by atoms with E-state index in [1.165, 1.54) is 13.8 Å². The number of nitrogens with one attached hydrogen (secondary N) is 1. The third-order valence-electron chi connectivity index (χ3n) is 1.59. The predicted octanol–water partition coefficient (Wildman–Crippen LogP) is -0.511. The summed E-state index contributed by atoms with van der Waals surface area (Å²) in [5, 5.41) is -1.26. The second-order valence-electron chi connectivity index (χ2n) is 2.72. The monoisotopic (exact) mass is 219 g/mol. The molecule has 0 aliphatic rings. The van der Waals surface area contributed by atoms with E-state index in [1.54, 1.807) is 0 Å². The van der Waals surface area contributed by atoms with Gasteiger partial charge in [-0.3, -0.25) is 4.79 Å². The Bertz CT molecular complexity index is 341. The molecule has 5 nitrogen and oxygen atoms in total. The third-order valence-corrected chi connectivity index (χ3v) is 3.40. The van der Waals surface area contributed by atoms with Crippen molar-refractivity contribution in [1.82, 2.24) is 4.72 Å². The van der Waals surface area contributed by atoms with Crippen LogP contribution in [0.5, 0.6) is 0 Å². The molecular formula is C8H13NO4S. The molecule has 0 amide bonds. The molecule has 0 saturated heterocycles. The summed E-state index contributed by atoms with van der Waals surface area (Å²) in [6, 6.07) is -0.646. The van der Waals surface area contributed by atoms with Crippen LogP contribution in [0.4, 0.5) is 0 Å². The average molecular weight is 219 g/mol. The first-order valence-electron chi connectivity index (χ1n) is 3.90. The summed E-state index contributed by atoms with van der Waals surface area (Å²) in [6.45, 7) is 2.74. The Balaban J connectivity index is 4.65. The molecule has 80 valence electrons. The van der Waals surface area contributed by atoms with E-state index in [0.29, 0.717) is 0 Å². The van der Waals surface area contributed by atoms with Crippen LogP contribution in [0.2, 0.25) is 0 Å². The highest BCUT2D eigenvalue weighted by atomic mass is 32.2. The Morgan fingerprint density at radius 2 is 2.00 bits per heavy atom. The largest absolute Gasteiger partial charge is 0.468 e. The van der Waals surface area contributed by atoms with Gasteiger partial charge in [0, 0.05) is 0 Å². The number of methoxy groups -OCH3 is 1. The summed E-state index contributed by atoms with van der Waals surface area (Å²) >= 11 is 0. The molecule has 0 aromatic rings. The van der Waals surface area contributed by atoms with Gasteiger partial charge in [0.1, 0.15) is 0 Å². The van der Waals surface area contributed by atoms with Crippen LogP contribution in [0, 0.1) is 12.3 Å². The summed E-state index contributed by atoms with van der Waals surface area (Å²) in [5.41, 5.74) is 0. The first-order chi connectivity index (χ1) is 6.35. The topological polar surface area (TPSA) is 72.5 Å². The Morgan fingerprint density at radius 3 is 2.36 bits per heavy atom. The fourth-order valence-corrected chi connectivity index (χ4v) is 1.79. The molecule has 14 heavy (non-hydrogen) atoms.